The molecule has 3 rings (SSSR count). The van der Waals surface area contributed by atoms with Crippen LogP contribution in [0, 0.1) is 15.9 Å². The third-order valence-corrected chi connectivity index (χ3v) is 3.54. The van der Waals surface area contributed by atoms with Gasteiger partial charge in [0.2, 0.25) is 17.6 Å². The van der Waals surface area contributed by atoms with Crippen molar-refractivity contribution in [2.24, 2.45) is 0 Å². The number of hydrogen-bond acceptors (Lipinski definition) is 7. The van der Waals surface area contributed by atoms with E-state index in [4.69, 9.17) is 17.3 Å². The van der Waals surface area contributed by atoms with Crippen molar-refractivity contribution in [3.8, 4) is 0 Å². The SMILES string of the molecule is Nc1nc(Nc2cccc(Cl)c2)nc(Nc2ccccc2F)c1[N+](=O)[O-]. The largest absolute Gasteiger partial charge is 0.378 e. The van der Waals surface area contributed by atoms with Gasteiger partial charge in [-0.15, -0.1) is 0 Å². The minimum Gasteiger partial charge on any atom is -0.378 e. The van der Waals surface area contributed by atoms with Gasteiger partial charge in [0.1, 0.15) is 5.82 Å². The Kier molecular flexibility index (Phi) is 4.81. The van der Waals surface area contributed by atoms with Gasteiger partial charge in [-0.2, -0.15) is 9.97 Å². The Balaban J connectivity index is 2.02. The minimum atomic E-state index is -0.734. The molecule has 2 aromatic carbocycles. The maximum Gasteiger partial charge on any atom is 0.353 e. The second kappa shape index (κ2) is 7.19. The van der Waals surface area contributed by atoms with Crippen LogP contribution in [0.2, 0.25) is 5.02 Å². The highest BCUT2D eigenvalue weighted by molar-refractivity contribution is 6.30. The number of nitro groups is 1. The molecule has 0 radical (unpaired) electrons. The van der Waals surface area contributed by atoms with Crippen LogP contribution in [-0.2, 0) is 0 Å². The maximum atomic E-state index is 13.9. The molecular weight excluding hydrogens is 363 g/mol. The molecule has 26 heavy (non-hydrogen) atoms. The molecule has 1 heterocycles. The summed E-state index contributed by atoms with van der Waals surface area (Å²) in [4.78, 5) is 18.5. The van der Waals surface area contributed by atoms with Crippen LogP contribution in [0.3, 0.4) is 0 Å². The van der Waals surface area contributed by atoms with E-state index >= 15 is 0 Å². The minimum absolute atomic E-state index is 0.00536. The van der Waals surface area contributed by atoms with Crippen LogP contribution in [0.5, 0.6) is 0 Å². The molecule has 132 valence electrons. The molecule has 0 aliphatic carbocycles. The second-order valence-corrected chi connectivity index (χ2v) is 5.56. The molecule has 8 nitrogen and oxygen atoms in total. The van der Waals surface area contributed by atoms with E-state index in [1.54, 1.807) is 30.3 Å². The number of nitrogen functional groups attached to an aromatic ring is 1. The van der Waals surface area contributed by atoms with E-state index in [0.29, 0.717) is 10.7 Å². The smallest absolute Gasteiger partial charge is 0.353 e. The first-order chi connectivity index (χ1) is 12.4. The normalized spacial score (nSPS) is 10.4. The van der Waals surface area contributed by atoms with Gasteiger partial charge in [-0.1, -0.05) is 29.8 Å². The molecule has 0 saturated carbocycles. The summed E-state index contributed by atoms with van der Waals surface area (Å²) in [5, 5.41) is 17.2. The molecule has 0 aliphatic heterocycles. The van der Waals surface area contributed by atoms with E-state index in [1.165, 1.54) is 18.2 Å². The number of hydrogen-bond donors (Lipinski definition) is 3. The molecule has 0 saturated heterocycles. The summed E-state index contributed by atoms with van der Waals surface area (Å²) in [6.45, 7) is 0. The number of aromatic nitrogens is 2. The van der Waals surface area contributed by atoms with E-state index in [2.05, 4.69) is 20.6 Å². The Hall–Kier alpha value is -3.46. The molecule has 0 aliphatic rings. The molecule has 0 bridgehead atoms. The second-order valence-electron chi connectivity index (χ2n) is 5.13. The van der Waals surface area contributed by atoms with Gasteiger partial charge >= 0.3 is 5.69 Å². The standard InChI is InChI=1S/C16H12ClFN6O2/c17-9-4-3-5-10(8-9)20-16-22-14(19)13(24(25)26)15(23-16)21-12-7-2-1-6-11(12)18/h1-8H,(H4,19,20,21,22,23). The van der Waals surface area contributed by atoms with Crippen LogP contribution in [0.25, 0.3) is 0 Å². The summed E-state index contributed by atoms with van der Waals surface area (Å²) in [5.74, 6) is -1.21. The number of nitrogens with one attached hydrogen (secondary N) is 2. The van der Waals surface area contributed by atoms with Crippen LogP contribution >= 0.6 is 11.6 Å². The monoisotopic (exact) mass is 374 g/mol. The molecular formula is C16H12ClFN6O2. The van der Waals surface area contributed by atoms with Gasteiger partial charge < -0.3 is 16.4 Å². The highest BCUT2D eigenvalue weighted by Crippen LogP contribution is 2.32. The maximum absolute atomic E-state index is 13.9. The molecule has 0 unspecified atom stereocenters. The van der Waals surface area contributed by atoms with Gasteiger partial charge in [0.05, 0.1) is 10.6 Å². The van der Waals surface area contributed by atoms with Crippen molar-refractivity contribution in [3.05, 3.63) is 69.5 Å². The van der Waals surface area contributed by atoms with Crippen molar-refractivity contribution in [3.63, 3.8) is 0 Å². The van der Waals surface area contributed by atoms with Gasteiger partial charge in [-0.25, -0.2) is 4.39 Å². The molecule has 3 aromatic rings. The average molecular weight is 375 g/mol. The molecule has 0 spiro atoms. The third-order valence-electron chi connectivity index (χ3n) is 3.30. The summed E-state index contributed by atoms with van der Waals surface area (Å²) in [7, 11) is 0. The first-order valence-electron chi connectivity index (χ1n) is 7.30. The Morgan fingerprint density at radius 3 is 2.58 bits per heavy atom. The highest BCUT2D eigenvalue weighted by atomic mass is 35.5. The number of benzene rings is 2. The Morgan fingerprint density at radius 2 is 1.88 bits per heavy atom. The fourth-order valence-electron chi connectivity index (χ4n) is 2.18. The van der Waals surface area contributed by atoms with Crippen molar-refractivity contribution in [1.82, 2.24) is 9.97 Å². The lowest BCUT2D eigenvalue weighted by atomic mass is 10.3. The summed E-state index contributed by atoms with van der Waals surface area (Å²) in [6, 6.07) is 12.4. The number of rotatable bonds is 5. The number of nitrogens with zero attached hydrogens (tertiary/aromatic N) is 3. The first-order valence-corrected chi connectivity index (χ1v) is 7.68. The first kappa shape index (κ1) is 17.4. The van der Waals surface area contributed by atoms with E-state index in [0.717, 1.165) is 0 Å². The van der Waals surface area contributed by atoms with Crippen LogP contribution in [-0.4, -0.2) is 14.9 Å². The predicted molar refractivity (Wildman–Crippen MR) is 97.5 cm³/mol. The molecule has 0 fully saturated rings. The Labute approximate surface area is 152 Å². The van der Waals surface area contributed by atoms with Crippen LogP contribution in [0.4, 0.5) is 39.0 Å². The van der Waals surface area contributed by atoms with Crippen molar-refractivity contribution in [1.29, 1.82) is 0 Å². The highest BCUT2D eigenvalue weighted by Gasteiger charge is 2.24. The lowest BCUT2D eigenvalue weighted by Gasteiger charge is -2.11. The van der Waals surface area contributed by atoms with E-state index < -0.39 is 16.4 Å². The fourth-order valence-corrected chi connectivity index (χ4v) is 2.37. The van der Waals surface area contributed by atoms with E-state index in [9.17, 15) is 14.5 Å². The van der Waals surface area contributed by atoms with Crippen molar-refractivity contribution >= 4 is 46.2 Å². The molecule has 10 heteroatoms. The quantitative estimate of drug-likeness (QED) is 0.451. The average Bonchev–Trinajstić information content (AvgIpc) is 2.56. The summed E-state index contributed by atoms with van der Waals surface area (Å²) >= 11 is 5.92. The zero-order valence-electron chi connectivity index (χ0n) is 13.1. The number of anilines is 5. The van der Waals surface area contributed by atoms with Gasteiger partial charge in [-0.3, -0.25) is 10.1 Å². The van der Waals surface area contributed by atoms with Crippen molar-refractivity contribution in [2.45, 2.75) is 0 Å². The van der Waals surface area contributed by atoms with Crippen LogP contribution in [0.1, 0.15) is 0 Å². The number of para-hydroxylation sites is 1. The zero-order valence-corrected chi connectivity index (χ0v) is 13.9. The van der Waals surface area contributed by atoms with Gasteiger partial charge in [0.15, 0.2) is 0 Å². The summed E-state index contributed by atoms with van der Waals surface area (Å²) in [5.41, 5.74) is 5.73. The predicted octanol–water partition coefficient (Wildman–Crippen LogP) is 4.25. The molecule has 1 aromatic heterocycles. The molecule has 0 amide bonds. The van der Waals surface area contributed by atoms with E-state index in [-0.39, 0.29) is 23.3 Å². The number of nitrogens with two attached hydrogens (primary N) is 1. The number of halogens is 2. The lowest BCUT2D eigenvalue weighted by molar-refractivity contribution is -0.383. The van der Waals surface area contributed by atoms with Crippen molar-refractivity contribution < 1.29 is 9.31 Å². The van der Waals surface area contributed by atoms with Crippen molar-refractivity contribution in [2.75, 3.05) is 16.4 Å². The van der Waals surface area contributed by atoms with Gasteiger partial charge in [0, 0.05) is 10.7 Å². The van der Waals surface area contributed by atoms with Gasteiger partial charge in [0.25, 0.3) is 0 Å². The summed E-state index contributed by atoms with van der Waals surface area (Å²) < 4.78 is 13.9. The summed E-state index contributed by atoms with van der Waals surface area (Å²) in [6.07, 6.45) is 0. The molecule has 0 atom stereocenters. The third kappa shape index (κ3) is 3.78. The Morgan fingerprint density at radius 1 is 1.12 bits per heavy atom. The van der Waals surface area contributed by atoms with Crippen LogP contribution in [0.15, 0.2) is 48.5 Å². The molecule has 4 N–H and O–H groups in total. The fraction of sp³-hybridized carbons (Fsp3) is 0. The lowest BCUT2D eigenvalue weighted by Crippen LogP contribution is -2.09. The van der Waals surface area contributed by atoms with E-state index in [1.807, 2.05) is 0 Å². The topological polar surface area (TPSA) is 119 Å². The van der Waals surface area contributed by atoms with Gasteiger partial charge in [-0.05, 0) is 30.3 Å². The Bertz CT molecular complexity index is 985. The zero-order chi connectivity index (χ0) is 18.7. The van der Waals surface area contributed by atoms with Crippen LogP contribution < -0.4 is 16.4 Å².